The summed E-state index contributed by atoms with van der Waals surface area (Å²) >= 11 is 0. The molecule has 114 valence electrons. The number of sulfonamides is 1. The third-order valence-corrected chi connectivity index (χ3v) is 4.33. The lowest BCUT2D eigenvalue weighted by atomic mass is 10.1. The molecule has 1 unspecified atom stereocenters. The Hall–Kier alpha value is -0.920. The quantitative estimate of drug-likeness (QED) is 0.915. The first-order valence-electron chi connectivity index (χ1n) is 6.86. The molecule has 1 aliphatic rings. The summed E-state index contributed by atoms with van der Waals surface area (Å²) in [7, 11) is -3.77. The third kappa shape index (κ3) is 3.39. The van der Waals surface area contributed by atoms with Gasteiger partial charge in [0.05, 0.1) is 18.2 Å². The van der Waals surface area contributed by atoms with Gasteiger partial charge in [-0.1, -0.05) is 13.8 Å². The van der Waals surface area contributed by atoms with Gasteiger partial charge in [0.2, 0.25) is 0 Å². The van der Waals surface area contributed by atoms with Gasteiger partial charge in [0.25, 0.3) is 10.0 Å². The van der Waals surface area contributed by atoms with Crippen LogP contribution in [0.1, 0.15) is 52.3 Å². The van der Waals surface area contributed by atoms with Crippen LogP contribution in [0.4, 0.5) is 0 Å². The number of hydrogen-bond donors (Lipinski definition) is 1. The van der Waals surface area contributed by atoms with Crippen molar-refractivity contribution in [2.45, 2.75) is 69.7 Å². The van der Waals surface area contributed by atoms with Gasteiger partial charge < -0.3 is 9.30 Å². The van der Waals surface area contributed by atoms with Gasteiger partial charge in [-0.3, -0.25) is 0 Å². The van der Waals surface area contributed by atoms with Crippen LogP contribution in [0, 0.1) is 0 Å². The van der Waals surface area contributed by atoms with Gasteiger partial charge in [0.1, 0.15) is 5.82 Å². The van der Waals surface area contributed by atoms with E-state index < -0.39 is 10.0 Å². The van der Waals surface area contributed by atoms with Gasteiger partial charge >= 0.3 is 0 Å². The maximum Gasteiger partial charge on any atom is 0.257 e. The molecule has 6 nitrogen and oxygen atoms in total. The Bertz CT molecular complexity index is 590. The van der Waals surface area contributed by atoms with Crippen molar-refractivity contribution in [1.29, 1.82) is 0 Å². The van der Waals surface area contributed by atoms with E-state index in [1.807, 2.05) is 18.4 Å². The van der Waals surface area contributed by atoms with Crippen molar-refractivity contribution in [2.75, 3.05) is 0 Å². The number of ether oxygens (including phenoxy) is 1. The molecule has 7 heteroatoms. The number of hydrogen-bond acceptors (Lipinski definition) is 4. The number of rotatable bonds is 4. The molecular weight excluding hydrogens is 278 g/mol. The van der Waals surface area contributed by atoms with Gasteiger partial charge in [0, 0.05) is 12.1 Å². The molecule has 2 heterocycles. The molecule has 1 fully saturated rings. The highest BCUT2D eigenvalue weighted by atomic mass is 32.2. The van der Waals surface area contributed by atoms with Crippen molar-refractivity contribution in [3.05, 3.63) is 12.0 Å². The fourth-order valence-corrected chi connectivity index (χ4v) is 3.07. The van der Waals surface area contributed by atoms with Crippen LogP contribution in [0.3, 0.4) is 0 Å². The third-order valence-electron chi connectivity index (χ3n) is 3.55. The van der Waals surface area contributed by atoms with E-state index in [4.69, 9.17) is 9.88 Å². The topological polar surface area (TPSA) is 87.2 Å². The van der Waals surface area contributed by atoms with E-state index in [-0.39, 0.29) is 22.6 Å². The SMILES string of the molecule is CC(C)c1nc(S(N)(=O)=O)cn1CC1CCC(C)(C)O1. The van der Waals surface area contributed by atoms with E-state index in [1.165, 1.54) is 6.20 Å². The van der Waals surface area contributed by atoms with Gasteiger partial charge in [0.15, 0.2) is 5.03 Å². The lowest BCUT2D eigenvalue weighted by Crippen LogP contribution is -2.23. The first-order valence-corrected chi connectivity index (χ1v) is 8.41. The lowest BCUT2D eigenvalue weighted by Gasteiger charge is -2.20. The second-order valence-electron chi connectivity index (χ2n) is 6.33. The van der Waals surface area contributed by atoms with Crippen molar-refractivity contribution in [3.63, 3.8) is 0 Å². The van der Waals surface area contributed by atoms with Crippen LogP contribution in [0.2, 0.25) is 0 Å². The summed E-state index contributed by atoms with van der Waals surface area (Å²) in [5, 5.41) is 5.08. The van der Waals surface area contributed by atoms with Crippen molar-refractivity contribution in [1.82, 2.24) is 9.55 Å². The molecule has 0 spiro atoms. The van der Waals surface area contributed by atoms with Gasteiger partial charge in [-0.15, -0.1) is 0 Å². The van der Waals surface area contributed by atoms with E-state index in [0.717, 1.165) is 18.7 Å². The Balaban J connectivity index is 2.25. The normalized spacial score (nSPS) is 22.6. The second-order valence-corrected chi connectivity index (χ2v) is 7.84. The minimum absolute atomic E-state index is 0.0709. The van der Waals surface area contributed by atoms with Crippen molar-refractivity contribution >= 4 is 10.0 Å². The van der Waals surface area contributed by atoms with Crippen molar-refractivity contribution < 1.29 is 13.2 Å². The van der Waals surface area contributed by atoms with Crippen LogP contribution in [0.15, 0.2) is 11.2 Å². The molecule has 20 heavy (non-hydrogen) atoms. The van der Waals surface area contributed by atoms with Gasteiger partial charge in [-0.2, -0.15) is 0 Å². The average Bonchev–Trinajstić information content (AvgIpc) is 2.82. The Morgan fingerprint density at radius 2 is 2.20 bits per heavy atom. The first-order chi connectivity index (χ1) is 9.08. The Morgan fingerprint density at radius 3 is 2.65 bits per heavy atom. The van der Waals surface area contributed by atoms with E-state index in [0.29, 0.717) is 6.54 Å². The molecule has 1 atom stereocenters. The number of nitrogens with zero attached hydrogens (tertiary/aromatic N) is 2. The lowest BCUT2D eigenvalue weighted by molar-refractivity contribution is -0.0220. The maximum atomic E-state index is 11.4. The smallest absolute Gasteiger partial charge is 0.257 e. The summed E-state index contributed by atoms with van der Waals surface area (Å²) in [6, 6.07) is 0. The summed E-state index contributed by atoms with van der Waals surface area (Å²) in [6.07, 6.45) is 3.57. The second kappa shape index (κ2) is 5.13. The molecule has 2 N–H and O–H groups in total. The van der Waals surface area contributed by atoms with E-state index in [9.17, 15) is 8.42 Å². The molecule has 1 aromatic heterocycles. The average molecular weight is 301 g/mol. The molecule has 0 aliphatic carbocycles. The molecule has 0 aromatic carbocycles. The van der Waals surface area contributed by atoms with E-state index in [1.54, 1.807) is 0 Å². The van der Waals surface area contributed by atoms with Crippen LogP contribution in [0.25, 0.3) is 0 Å². The summed E-state index contributed by atoms with van der Waals surface area (Å²) < 4.78 is 30.7. The van der Waals surface area contributed by atoms with Crippen LogP contribution in [-0.4, -0.2) is 29.7 Å². The zero-order valence-corrected chi connectivity index (χ0v) is 13.3. The highest BCUT2D eigenvalue weighted by Gasteiger charge is 2.32. The summed E-state index contributed by atoms with van der Waals surface area (Å²) in [5.74, 6) is 0.849. The van der Waals surface area contributed by atoms with Crippen LogP contribution >= 0.6 is 0 Å². The molecule has 2 rings (SSSR count). The molecule has 0 amide bonds. The summed E-state index contributed by atoms with van der Waals surface area (Å²) in [5.41, 5.74) is -0.105. The predicted molar refractivity (Wildman–Crippen MR) is 75.9 cm³/mol. The molecule has 0 bridgehead atoms. The molecule has 1 aliphatic heterocycles. The molecule has 0 radical (unpaired) electrons. The molecule has 1 saturated heterocycles. The Kier molecular flexibility index (Phi) is 3.96. The van der Waals surface area contributed by atoms with E-state index >= 15 is 0 Å². The standard InChI is InChI=1S/C13H23N3O3S/c1-9(2)12-15-11(20(14,17)18)8-16(12)7-10-5-6-13(3,4)19-10/h8-10H,5-7H2,1-4H3,(H2,14,17,18). The highest BCUT2D eigenvalue weighted by Crippen LogP contribution is 2.31. The van der Waals surface area contributed by atoms with Crippen LogP contribution in [-0.2, 0) is 21.3 Å². The van der Waals surface area contributed by atoms with Crippen molar-refractivity contribution in [3.8, 4) is 0 Å². The summed E-state index contributed by atoms with van der Waals surface area (Å²) in [4.78, 5) is 4.15. The zero-order chi connectivity index (χ0) is 15.1. The van der Waals surface area contributed by atoms with E-state index in [2.05, 4.69) is 18.8 Å². The van der Waals surface area contributed by atoms with Gasteiger partial charge in [-0.05, 0) is 26.7 Å². The maximum absolute atomic E-state index is 11.4. The minimum Gasteiger partial charge on any atom is -0.370 e. The first kappa shape index (κ1) is 15.5. The highest BCUT2D eigenvalue weighted by molar-refractivity contribution is 7.89. The Morgan fingerprint density at radius 1 is 1.55 bits per heavy atom. The fraction of sp³-hybridized carbons (Fsp3) is 0.769. The van der Waals surface area contributed by atoms with Crippen LogP contribution < -0.4 is 5.14 Å². The number of primary sulfonamides is 1. The Labute approximate surface area is 120 Å². The zero-order valence-electron chi connectivity index (χ0n) is 12.5. The van der Waals surface area contributed by atoms with Crippen LogP contribution in [0.5, 0.6) is 0 Å². The monoisotopic (exact) mass is 301 g/mol. The molecular formula is C13H23N3O3S. The number of aromatic nitrogens is 2. The van der Waals surface area contributed by atoms with Gasteiger partial charge in [-0.25, -0.2) is 18.5 Å². The van der Waals surface area contributed by atoms with Crippen molar-refractivity contribution in [2.24, 2.45) is 5.14 Å². The number of nitrogens with two attached hydrogens (primary N) is 1. The molecule has 1 aromatic rings. The predicted octanol–water partition coefficient (Wildman–Crippen LogP) is 1.61. The minimum atomic E-state index is -3.77. The fourth-order valence-electron chi connectivity index (χ4n) is 2.58. The largest absolute Gasteiger partial charge is 0.370 e. The summed E-state index contributed by atoms with van der Waals surface area (Å²) in [6.45, 7) is 8.70. The number of imidazole rings is 1. The molecule has 0 saturated carbocycles.